The molecule has 0 spiro atoms. The van der Waals surface area contributed by atoms with Crippen LogP contribution >= 0.6 is 0 Å². The largest absolute Gasteiger partial charge is 0.506 e. The van der Waals surface area contributed by atoms with Gasteiger partial charge in [-0.2, -0.15) is 0 Å². The lowest BCUT2D eigenvalue weighted by Crippen LogP contribution is -2.11. The number of nitroso groups, excluding NO2 is 1. The number of phenolic OH excluding ortho intramolecular Hbond substituents is 1. The summed E-state index contributed by atoms with van der Waals surface area (Å²) in [4.78, 5) is 11.3. The minimum Gasteiger partial charge on any atom is -0.506 e. The summed E-state index contributed by atoms with van der Waals surface area (Å²) in [6.07, 6.45) is 0. The average Bonchev–Trinajstić information content (AvgIpc) is 2.45. The molecule has 0 aromatic heterocycles. The lowest BCUT2D eigenvalue weighted by molar-refractivity contribution is -0.428. The number of rotatable bonds is 4. The van der Waals surface area contributed by atoms with Crippen molar-refractivity contribution in [2.24, 2.45) is 0 Å². The summed E-state index contributed by atoms with van der Waals surface area (Å²) >= 11 is 0. The Kier molecular flexibility index (Phi) is 4.50. The molecule has 2 aromatic rings. The zero-order chi connectivity index (χ0) is 16.3. The topological polar surface area (TPSA) is 52.3 Å². The monoisotopic (exact) mass is 299 g/mol. The summed E-state index contributed by atoms with van der Waals surface area (Å²) in [5.41, 5.74) is 3.48. The van der Waals surface area contributed by atoms with E-state index in [9.17, 15) is 10.0 Å². The molecule has 0 aliphatic rings. The van der Waals surface area contributed by atoms with Crippen molar-refractivity contribution in [1.82, 2.24) is 0 Å². The fraction of sp³-hybridized carbons (Fsp3) is 0.333. The first kappa shape index (κ1) is 16.0. The molecule has 0 bridgehead atoms. The number of nitrogens with one attached hydrogen (secondary N) is 1. The first-order valence-electron chi connectivity index (χ1n) is 7.34. The van der Waals surface area contributed by atoms with E-state index < -0.39 is 0 Å². The molecule has 0 saturated heterocycles. The van der Waals surface area contributed by atoms with E-state index in [0.29, 0.717) is 17.9 Å². The molecule has 2 rings (SSSR count). The summed E-state index contributed by atoms with van der Waals surface area (Å²) in [5.74, 6) is 0.227. The summed E-state index contributed by atoms with van der Waals surface area (Å²) in [5, 5.41) is 13.2. The van der Waals surface area contributed by atoms with Crippen LogP contribution in [0.5, 0.6) is 5.75 Å². The van der Waals surface area contributed by atoms with Gasteiger partial charge in [-0.15, -0.1) is 0 Å². The second-order valence-corrected chi connectivity index (χ2v) is 6.50. The van der Waals surface area contributed by atoms with E-state index in [2.05, 4.69) is 26.1 Å². The number of benzene rings is 2. The van der Waals surface area contributed by atoms with E-state index >= 15 is 0 Å². The van der Waals surface area contributed by atoms with E-state index in [1.54, 1.807) is 12.1 Å². The Balaban J connectivity index is 2.18. The highest BCUT2D eigenvalue weighted by molar-refractivity contribution is 5.58. The molecule has 0 saturated carbocycles. The van der Waals surface area contributed by atoms with E-state index in [1.165, 1.54) is 7.05 Å². The van der Waals surface area contributed by atoms with Crippen molar-refractivity contribution >= 4 is 11.4 Å². The van der Waals surface area contributed by atoms with E-state index in [-0.39, 0.29) is 11.2 Å². The lowest BCUT2D eigenvalue weighted by Gasteiger charge is -2.20. The molecule has 0 aliphatic heterocycles. The van der Waals surface area contributed by atoms with Gasteiger partial charge >= 0.3 is 0 Å². The molecular weight excluding hydrogens is 276 g/mol. The molecule has 0 radical (unpaired) electrons. The lowest BCUT2D eigenvalue weighted by atomic mass is 9.87. The molecular formula is C18H23N2O2+. The highest BCUT2D eigenvalue weighted by Gasteiger charge is 2.15. The van der Waals surface area contributed by atoms with Gasteiger partial charge < -0.3 is 10.4 Å². The molecule has 0 fully saturated rings. The Bertz CT molecular complexity index is 688. The Morgan fingerprint density at radius 1 is 1.14 bits per heavy atom. The van der Waals surface area contributed by atoms with Gasteiger partial charge in [-0.05, 0) is 28.7 Å². The first-order chi connectivity index (χ1) is 10.3. The normalized spacial score (nSPS) is 11.3. The highest BCUT2D eigenvalue weighted by Crippen LogP contribution is 2.31. The Labute approximate surface area is 131 Å². The van der Waals surface area contributed by atoms with Crippen molar-refractivity contribution in [3.63, 3.8) is 0 Å². The van der Waals surface area contributed by atoms with Crippen LogP contribution in [-0.4, -0.2) is 16.9 Å². The fourth-order valence-corrected chi connectivity index (χ4v) is 2.20. The van der Waals surface area contributed by atoms with Gasteiger partial charge in [0.15, 0.2) is 7.05 Å². The van der Waals surface area contributed by atoms with Gasteiger partial charge in [-0.3, -0.25) is 0 Å². The fourth-order valence-electron chi connectivity index (χ4n) is 2.20. The standard InChI is InChI=1S/C18H22N2O2/c1-18(2,3)14-8-9-17(21)16(11-14)19-12-13-6-5-7-15(10-13)20(4)22/h5-11,19H,12H2,1-4H3/p+1. The Hall–Kier alpha value is -2.36. The number of anilines is 1. The molecule has 116 valence electrons. The Morgan fingerprint density at radius 3 is 2.50 bits per heavy atom. The average molecular weight is 299 g/mol. The van der Waals surface area contributed by atoms with Gasteiger partial charge in [0.2, 0.25) is 0 Å². The third-order valence-electron chi connectivity index (χ3n) is 3.62. The number of aromatic hydroxyl groups is 1. The third-order valence-corrected chi connectivity index (χ3v) is 3.62. The predicted octanol–water partition coefficient (Wildman–Crippen LogP) is 4.34. The summed E-state index contributed by atoms with van der Waals surface area (Å²) in [6, 6.07) is 13.0. The Morgan fingerprint density at radius 2 is 1.86 bits per heavy atom. The van der Waals surface area contributed by atoms with Gasteiger partial charge in [0.05, 0.1) is 5.69 Å². The number of nitrogens with zero attached hydrogens (tertiary/aromatic N) is 1. The van der Waals surface area contributed by atoms with Crippen LogP contribution in [0.25, 0.3) is 0 Å². The van der Waals surface area contributed by atoms with Crippen molar-refractivity contribution in [3.05, 3.63) is 58.5 Å². The van der Waals surface area contributed by atoms with Gasteiger partial charge in [0, 0.05) is 28.3 Å². The molecule has 0 atom stereocenters. The van der Waals surface area contributed by atoms with Crippen LogP contribution < -0.4 is 5.32 Å². The second-order valence-electron chi connectivity index (χ2n) is 6.50. The van der Waals surface area contributed by atoms with E-state index in [1.807, 2.05) is 30.3 Å². The van der Waals surface area contributed by atoms with Crippen molar-refractivity contribution in [3.8, 4) is 5.75 Å². The van der Waals surface area contributed by atoms with Gasteiger partial charge in [0.25, 0.3) is 5.69 Å². The zero-order valence-corrected chi connectivity index (χ0v) is 13.6. The second kappa shape index (κ2) is 6.18. The van der Waals surface area contributed by atoms with Crippen LogP contribution in [0.2, 0.25) is 0 Å². The van der Waals surface area contributed by atoms with Crippen LogP contribution in [0, 0.1) is 4.91 Å². The molecule has 0 heterocycles. The van der Waals surface area contributed by atoms with E-state index in [4.69, 9.17) is 0 Å². The molecule has 4 heteroatoms. The van der Waals surface area contributed by atoms with Crippen molar-refractivity contribution in [2.45, 2.75) is 32.7 Å². The highest BCUT2D eigenvalue weighted by atomic mass is 16.3. The molecule has 2 N–H and O–H groups in total. The van der Waals surface area contributed by atoms with Gasteiger partial charge in [0.1, 0.15) is 5.75 Å². The summed E-state index contributed by atoms with van der Waals surface area (Å²) in [7, 11) is 1.48. The molecule has 22 heavy (non-hydrogen) atoms. The van der Waals surface area contributed by atoms with Gasteiger partial charge in [-0.1, -0.05) is 39.0 Å². The molecule has 0 aliphatic carbocycles. The summed E-state index contributed by atoms with van der Waals surface area (Å²) in [6.45, 7) is 6.95. The number of hydrogen-bond donors (Lipinski definition) is 2. The van der Waals surface area contributed by atoms with Crippen molar-refractivity contribution < 1.29 is 9.87 Å². The van der Waals surface area contributed by atoms with Crippen LogP contribution in [-0.2, 0) is 12.0 Å². The maximum atomic E-state index is 11.3. The quantitative estimate of drug-likeness (QED) is 0.652. The predicted molar refractivity (Wildman–Crippen MR) is 89.8 cm³/mol. The van der Waals surface area contributed by atoms with E-state index in [0.717, 1.165) is 15.9 Å². The van der Waals surface area contributed by atoms with Crippen LogP contribution in [0.1, 0.15) is 31.9 Å². The van der Waals surface area contributed by atoms with Crippen LogP contribution in [0.15, 0.2) is 42.5 Å². The van der Waals surface area contributed by atoms with Crippen LogP contribution in [0.3, 0.4) is 0 Å². The maximum absolute atomic E-state index is 11.3. The van der Waals surface area contributed by atoms with Crippen molar-refractivity contribution in [1.29, 1.82) is 0 Å². The maximum Gasteiger partial charge on any atom is 0.255 e. The SMILES string of the molecule is C[N+](=O)c1cccc(CNc2cc(C(C)(C)C)ccc2O)c1. The molecule has 4 nitrogen and oxygen atoms in total. The minimum absolute atomic E-state index is 0.0231. The van der Waals surface area contributed by atoms with Gasteiger partial charge in [-0.25, -0.2) is 0 Å². The van der Waals surface area contributed by atoms with Crippen LogP contribution in [0.4, 0.5) is 11.4 Å². The number of hydrogen-bond acceptors (Lipinski definition) is 3. The third kappa shape index (κ3) is 3.85. The smallest absolute Gasteiger partial charge is 0.255 e. The first-order valence-corrected chi connectivity index (χ1v) is 7.34. The molecule has 2 aromatic carbocycles. The minimum atomic E-state index is 0.0231. The number of phenols is 1. The summed E-state index contributed by atoms with van der Waals surface area (Å²) < 4.78 is 0.835. The van der Waals surface area contributed by atoms with Crippen molar-refractivity contribution in [2.75, 3.05) is 12.4 Å². The zero-order valence-electron chi connectivity index (χ0n) is 13.6. The molecule has 0 unspecified atom stereocenters. The molecule has 0 amide bonds.